The van der Waals surface area contributed by atoms with Crippen molar-refractivity contribution in [2.45, 2.75) is 142 Å². The first-order valence-corrected chi connectivity index (χ1v) is 26.4. The van der Waals surface area contributed by atoms with E-state index in [9.17, 15) is 0 Å². The van der Waals surface area contributed by atoms with Gasteiger partial charge in [0.1, 0.15) is 0 Å². The summed E-state index contributed by atoms with van der Waals surface area (Å²) in [6.07, 6.45) is 7.55. The zero-order chi connectivity index (χ0) is 54.6. The summed E-state index contributed by atoms with van der Waals surface area (Å²) in [6, 6.07) is 0. The van der Waals surface area contributed by atoms with E-state index in [4.69, 9.17) is 71.1 Å². The van der Waals surface area contributed by atoms with Crippen molar-refractivity contribution in [3.63, 3.8) is 0 Å². The van der Waals surface area contributed by atoms with Crippen molar-refractivity contribution in [3.8, 4) is 0 Å². The molecule has 16 nitrogen and oxygen atoms in total. The van der Waals surface area contributed by atoms with E-state index in [1.165, 1.54) is 0 Å². The molecule has 0 rings (SSSR count). The molecule has 0 aliphatic rings. The van der Waals surface area contributed by atoms with Crippen LogP contribution in [0.2, 0.25) is 0 Å². The van der Waals surface area contributed by atoms with Crippen LogP contribution >= 0.6 is 0 Å². The van der Waals surface area contributed by atoms with Crippen LogP contribution in [0.4, 0.5) is 0 Å². The summed E-state index contributed by atoms with van der Waals surface area (Å²) in [5.74, 6) is 0. The minimum atomic E-state index is 0.702. The van der Waals surface area contributed by atoms with E-state index in [-0.39, 0.29) is 0 Å². The van der Waals surface area contributed by atoms with Crippen LogP contribution in [0.15, 0.2) is 0 Å². The van der Waals surface area contributed by atoms with E-state index in [2.05, 4.69) is 39.4 Å². The van der Waals surface area contributed by atoms with Crippen molar-refractivity contribution >= 4 is 0 Å². The SMILES string of the molecule is CCCOC.CCCOCC.CCCOCCCOC.CCCOCCOC.CCCOCCOCC.CCOC.CCOCC.CCOCCCOC.CCOCCOC.CCOCCOCC. The van der Waals surface area contributed by atoms with Gasteiger partial charge in [-0.05, 0) is 107 Å². The standard InChI is InChI=1S/2C7H16O2.3C6H14O2.C5H12O2.C5H12O.2C4H10O.C3H8O/c1-3-5-9-7-4-6-8-2;1-3-5-9-7-6-8-4-2;1-3-8-6-4-5-7-2;1-3-4-8-6-5-7-2;1-3-7-5-6-8-4-2;1-3-7-5-4-6-2;1-3-5-6-4-2;1-3-4-5-2;1-3-5-4-2;1-3-4-2/h2*3-7H2,1-2H3;3*3-6H2,1-2H3;3-5H2,1-2H3;3-5H2,1-2H3;2*3-4H2,1-2H3;3H2,1-2H3. The first-order valence-electron chi connectivity index (χ1n) is 26.4. The van der Waals surface area contributed by atoms with Crippen LogP contribution in [-0.4, -0.2) is 214 Å². The van der Waals surface area contributed by atoms with Crippen LogP contribution in [-0.2, 0) is 75.8 Å². The maximum absolute atomic E-state index is 5.20. The van der Waals surface area contributed by atoms with Gasteiger partial charge in [0.05, 0.1) is 52.9 Å². The van der Waals surface area contributed by atoms with Crippen LogP contribution in [0, 0.1) is 0 Å². The summed E-state index contributed by atoms with van der Waals surface area (Å²) < 4.78 is 78.7. The van der Waals surface area contributed by atoms with E-state index in [1.807, 2.05) is 62.3 Å². The van der Waals surface area contributed by atoms with Crippen molar-refractivity contribution in [3.05, 3.63) is 0 Å². The van der Waals surface area contributed by atoms with Gasteiger partial charge < -0.3 is 75.8 Å². The highest BCUT2D eigenvalue weighted by atomic mass is 16.5. The third-order valence-electron chi connectivity index (χ3n) is 6.61. The summed E-state index contributed by atoms with van der Waals surface area (Å²) >= 11 is 0. The molecule has 0 aromatic carbocycles. The summed E-state index contributed by atoms with van der Waals surface area (Å²) in [5.41, 5.74) is 0. The molecule has 0 aromatic heterocycles. The van der Waals surface area contributed by atoms with E-state index < -0.39 is 0 Å². The highest BCUT2D eigenvalue weighted by Crippen LogP contribution is 1.85. The van der Waals surface area contributed by atoms with Crippen molar-refractivity contribution < 1.29 is 75.8 Å². The highest BCUT2D eigenvalue weighted by Gasteiger charge is 1.86. The fourth-order valence-corrected chi connectivity index (χ4v) is 3.29. The fourth-order valence-electron chi connectivity index (χ4n) is 3.29. The molecule has 0 amide bonds. The molecule has 0 aliphatic carbocycles. The Labute approximate surface area is 431 Å². The lowest BCUT2D eigenvalue weighted by Crippen LogP contribution is -2.03. The van der Waals surface area contributed by atoms with Gasteiger partial charge >= 0.3 is 0 Å². The molecule has 0 fully saturated rings. The molecule has 0 atom stereocenters. The maximum atomic E-state index is 5.20. The first kappa shape index (κ1) is 91.1. The molecule has 0 unspecified atom stereocenters. The third kappa shape index (κ3) is 196. The molecular weight excluding hydrogens is 893 g/mol. The van der Waals surface area contributed by atoms with E-state index in [0.717, 1.165) is 197 Å². The van der Waals surface area contributed by atoms with Gasteiger partial charge in [-0.15, -0.1) is 0 Å². The van der Waals surface area contributed by atoms with Gasteiger partial charge in [-0.2, -0.15) is 0 Å². The maximum Gasteiger partial charge on any atom is 0.0700 e. The van der Waals surface area contributed by atoms with E-state index in [1.54, 1.807) is 42.7 Å². The van der Waals surface area contributed by atoms with Gasteiger partial charge in [-0.1, -0.05) is 34.6 Å². The van der Waals surface area contributed by atoms with Crippen LogP contribution in [0.1, 0.15) is 142 Å². The molecule has 0 bridgehead atoms. The Balaban J connectivity index is -0.0000000707. The van der Waals surface area contributed by atoms with Gasteiger partial charge in [-0.3, -0.25) is 0 Å². The van der Waals surface area contributed by atoms with Gasteiger partial charge in [0.2, 0.25) is 0 Å². The van der Waals surface area contributed by atoms with Gasteiger partial charge in [0.25, 0.3) is 0 Å². The summed E-state index contributed by atoms with van der Waals surface area (Å²) in [7, 11) is 10.1. The molecule has 0 aromatic rings. The molecule has 0 heterocycles. The molecule has 0 saturated carbocycles. The quantitative estimate of drug-likeness (QED) is 0.0537. The Kier molecular flexibility index (Phi) is 167. The molecule has 434 valence electrons. The molecule has 0 spiro atoms. The Morgan fingerprint density at radius 3 is 0.580 bits per heavy atom. The summed E-state index contributed by atoms with van der Waals surface area (Å²) in [6.45, 7) is 49.1. The number of ether oxygens (including phenoxy) is 16. The molecular formula is C53H126O16. The topological polar surface area (TPSA) is 148 Å². The first-order chi connectivity index (χ1) is 33.6. The average molecular weight is 1020 g/mol. The van der Waals surface area contributed by atoms with Crippen molar-refractivity contribution in [1.29, 1.82) is 0 Å². The lowest BCUT2D eigenvalue weighted by Gasteiger charge is -2.00. The van der Waals surface area contributed by atoms with E-state index >= 15 is 0 Å². The fraction of sp³-hybridized carbons (Fsp3) is 1.00. The number of hydrogen-bond donors (Lipinski definition) is 0. The molecule has 0 aliphatic heterocycles. The lowest BCUT2D eigenvalue weighted by atomic mass is 10.5. The van der Waals surface area contributed by atoms with Crippen LogP contribution in [0.3, 0.4) is 0 Å². The third-order valence-corrected chi connectivity index (χ3v) is 6.61. The Bertz CT molecular complexity index is 512. The predicted molar refractivity (Wildman–Crippen MR) is 291 cm³/mol. The van der Waals surface area contributed by atoms with Crippen molar-refractivity contribution in [2.75, 3.05) is 214 Å². The number of rotatable bonds is 39. The summed E-state index contributed by atoms with van der Waals surface area (Å²) in [4.78, 5) is 0. The second kappa shape index (κ2) is 127. The summed E-state index contributed by atoms with van der Waals surface area (Å²) in [5, 5.41) is 0. The van der Waals surface area contributed by atoms with Gasteiger partial charge in [0, 0.05) is 162 Å². The minimum absolute atomic E-state index is 0.702. The second-order valence-electron chi connectivity index (χ2n) is 13.0. The van der Waals surface area contributed by atoms with Crippen LogP contribution < -0.4 is 0 Å². The number of methoxy groups -OCH3 is 6. The largest absolute Gasteiger partial charge is 0.385 e. The molecule has 0 saturated heterocycles. The lowest BCUT2D eigenvalue weighted by molar-refractivity contribution is 0.0531. The average Bonchev–Trinajstić information content (AvgIpc) is 3.37. The smallest absolute Gasteiger partial charge is 0.0700 e. The van der Waals surface area contributed by atoms with Crippen LogP contribution in [0.5, 0.6) is 0 Å². The Hall–Kier alpha value is -0.640. The zero-order valence-corrected chi connectivity index (χ0v) is 49.9. The zero-order valence-electron chi connectivity index (χ0n) is 49.9. The number of hydrogen-bond acceptors (Lipinski definition) is 16. The second-order valence-corrected chi connectivity index (χ2v) is 13.0. The Morgan fingerprint density at radius 2 is 0.362 bits per heavy atom. The van der Waals surface area contributed by atoms with Gasteiger partial charge in [-0.25, -0.2) is 0 Å². The molecule has 16 heteroatoms. The molecule has 0 N–H and O–H groups in total. The van der Waals surface area contributed by atoms with Crippen molar-refractivity contribution in [2.24, 2.45) is 0 Å². The molecule has 69 heavy (non-hydrogen) atoms. The van der Waals surface area contributed by atoms with E-state index in [0.29, 0.717) is 19.8 Å². The predicted octanol–water partition coefficient (Wildman–Crippen LogP) is 10.9. The monoisotopic (exact) mass is 1020 g/mol. The molecule has 0 radical (unpaired) electrons. The minimum Gasteiger partial charge on any atom is -0.385 e. The van der Waals surface area contributed by atoms with Crippen molar-refractivity contribution in [1.82, 2.24) is 0 Å². The van der Waals surface area contributed by atoms with Gasteiger partial charge in [0.15, 0.2) is 0 Å². The highest BCUT2D eigenvalue weighted by molar-refractivity contribution is 4.33. The Morgan fingerprint density at radius 1 is 0.159 bits per heavy atom. The van der Waals surface area contributed by atoms with Crippen LogP contribution in [0.25, 0.3) is 0 Å². The normalized spacial score (nSPS) is 9.39.